The van der Waals surface area contributed by atoms with Gasteiger partial charge in [-0.2, -0.15) is 0 Å². The molecule has 4 bridgehead atoms. The van der Waals surface area contributed by atoms with E-state index in [1.165, 1.54) is 62.0 Å². The van der Waals surface area contributed by atoms with Crippen molar-refractivity contribution in [1.82, 2.24) is 15.5 Å². The minimum Gasteiger partial charge on any atom is -0.296 e. The number of hydrogen-bond acceptors (Lipinski definition) is 6. The zero-order chi connectivity index (χ0) is 19.8. The summed E-state index contributed by atoms with van der Waals surface area (Å²) in [6.45, 7) is 0. The number of imide groups is 1. The van der Waals surface area contributed by atoms with Crippen LogP contribution < -0.4 is 10.6 Å². The maximum absolute atomic E-state index is 12.7. The fourth-order valence-corrected chi connectivity index (χ4v) is 7.30. The quantitative estimate of drug-likeness (QED) is 0.760. The molecular formula is C21H20N4O3S. The fourth-order valence-electron chi connectivity index (χ4n) is 6.34. The first kappa shape index (κ1) is 17.3. The maximum atomic E-state index is 12.7. The van der Waals surface area contributed by atoms with Crippen LogP contribution in [-0.4, -0.2) is 27.9 Å². The number of amides is 3. The van der Waals surface area contributed by atoms with Crippen molar-refractivity contribution in [2.45, 2.75) is 43.9 Å². The third-order valence-electron chi connectivity index (χ3n) is 7.14. The van der Waals surface area contributed by atoms with Gasteiger partial charge in [0.25, 0.3) is 17.7 Å². The van der Waals surface area contributed by atoms with Crippen LogP contribution in [0.3, 0.4) is 0 Å². The normalized spacial score (nSPS) is 31.7. The molecule has 29 heavy (non-hydrogen) atoms. The van der Waals surface area contributed by atoms with Crippen molar-refractivity contribution in [2.24, 2.45) is 17.8 Å². The van der Waals surface area contributed by atoms with Crippen LogP contribution in [0, 0.1) is 17.8 Å². The monoisotopic (exact) mass is 408 g/mol. The molecular weight excluding hydrogens is 388 g/mol. The molecule has 0 unspecified atom stereocenters. The molecule has 1 aromatic carbocycles. The Hall–Kier alpha value is -2.61. The number of fused-ring (bicyclic) bond motifs is 1. The molecule has 1 aromatic heterocycles. The Morgan fingerprint density at radius 1 is 1.00 bits per heavy atom. The summed E-state index contributed by atoms with van der Waals surface area (Å²) in [6, 6.07) is 4.50. The van der Waals surface area contributed by atoms with Crippen molar-refractivity contribution in [2.75, 3.05) is 5.32 Å². The van der Waals surface area contributed by atoms with Crippen LogP contribution in [0.25, 0.3) is 0 Å². The Bertz CT molecular complexity index is 1040. The number of carbonyl (C=O) groups excluding carboxylic acids is 3. The van der Waals surface area contributed by atoms with E-state index in [9.17, 15) is 14.4 Å². The van der Waals surface area contributed by atoms with Crippen molar-refractivity contribution >= 4 is 34.2 Å². The summed E-state index contributed by atoms with van der Waals surface area (Å²) < 4.78 is 0. The number of rotatable bonds is 3. The smallest absolute Gasteiger partial charge is 0.258 e. The Morgan fingerprint density at radius 3 is 2.34 bits per heavy atom. The molecule has 148 valence electrons. The van der Waals surface area contributed by atoms with Crippen molar-refractivity contribution in [3.8, 4) is 0 Å². The lowest BCUT2D eigenvalue weighted by molar-refractivity contribution is -0.00556. The number of benzene rings is 1. The lowest BCUT2D eigenvalue weighted by Crippen LogP contribution is -2.48. The molecule has 7 rings (SSSR count). The lowest BCUT2D eigenvalue weighted by atomic mass is 9.50. The Kier molecular flexibility index (Phi) is 3.54. The molecule has 4 saturated carbocycles. The molecule has 2 aromatic rings. The predicted octanol–water partition coefficient (Wildman–Crippen LogP) is 3.14. The van der Waals surface area contributed by atoms with Crippen LogP contribution in [0.5, 0.6) is 0 Å². The molecule has 2 N–H and O–H groups in total. The molecule has 0 saturated heterocycles. The van der Waals surface area contributed by atoms with E-state index in [0.29, 0.717) is 16.3 Å². The Balaban J connectivity index is 1.23. The first-order valence-corrected chi connectivity index (χ1v) is 11.0. The molecule has 0 atom stereocenters. The van der Waals surface area contributed by atoms with Gasteiger partial charge in [-0.25, -0.2) is 0 Å². The van der Waals surface area contributed by atoms with E-state index < -0.39 is 11.8 Å². The van der Waals surface area contributed by atoms with Crippen LogP contribution >= 0.6 is 11.3 Å². The van der Waals surface area contributed by atoms with Gasteiger partial charge in [0.2, 0.25) is 5.13 Å². The standard InChI is InChI=1S/C21H20N4O3S/c26-16(13-1-2-14-15(6-13)18(28)22-17(14)27)23-20-25-24-19(29-20)21-7-10-3-11(8-21)5-12(4-10)9-21/h1-2,6,10-12H,3-5,7-9H2,(H,22,27,28)(H,23,25,26). The molecule has 4 fully saturated rings. The van der Waals surface area contributed by atoms with E-state index in [1.807, 2.05) is 0 Å². The molecule has 0 radical (unpaired) electrons. The van der Waals surface area contributed by atoms with Gasteiger partial charge in [0.15, 0.2) is 0 Å². The lowest BCUT2D eigenvalue weighted by Gasteiger charge is -2.55. The fraction of sp³-hybridized carbons (Fsp3) is 0.476. The van der Waals surface area contributed by atoms with E-state index in [1.54, 1.807) is 6.07 Å². The van der Waals surface area contributed by atoms with E-state index >= 15 is 0 Å². The number of aromatic nitrogens is 2. The van der Waals surface area contributed by atoms with Gasteiger partial charge in [0.1, 0.15) is 5.01 Å². The summed E-state index contributed by atoms with van der Waals surface area (Å²) in [6.07, 6.45) is 7.72. The van der Waals surface area contributed by atoms with Gasteiger partial charge in [-0.05, 0) is 74.5 Å². The average Bonchev–Trinajstić information content (AvgIpc) is 3.26. The van der Waals surface area contributed by atoms with Crippen LogP contribution in [0.4, 0.5) is 5.13 Å². The van der Waals surface area contributed by atoms with Gasteiger partial charge in [0, 0.05) is 11.0 Å². The Labute approximate surface area is 171 Å². The summed E-state index contributed by atoms with van der Waals surface area (Å²) in [5.41, 5.74) is 1.00. The molecule has 1 aliphatic heterocycles. The van der Waals surface area contributed by atoms with E-state index in [4.69, 9.17) is 0 Å². The molecule has 0 spiro atoms. The number of carbonyl (C=O) groups is 3. The largest absolute Gasteiger partial charge is 0.296 e. The van der Waals surface area contributed by atoms with E-state index in [2.05, 4.69) is 20.8 Å². The summed E-state index contributed by atoms with van der Waals surface area (Å²) in [5.74, 6) is 1.21. The van der Waals surface area contributed by atoms with Crippen LogP contribution in [0.1, 0.15) is 74.6 Å². The molecule has 2 heterocycles. The summed E-state index contributed by atoms with van der Waals surface area (Å²) in [5, 5.41) is 15.3. The number of anilines is 1. The number of nitrogens with one attached hydrogen (secondary N) is 2. The third-order valence-corrected chi connectivity index (χ3v) is 8.22. The highest BCUT2D eigenvalue weighted by atomic mass is 32.1. The van der Waals surface area contributed by atoms with Crippen LogP contribution in [-0.2, 0) is 5.41 Å². The van der Waals surface area contributed by atoms with Crippen LogP contribution in [0.15, 0.2) is 18.2 Å². The molecule has 5 aliphatic rings. The van der Waals surface area contributed by atoms with Gasteiger partial charge < -0.3 is 0 Å². The SMILES string of the molecule is O=C(Nc1nnc(C23CC4CC(CC(C4)C2)C3)s1)c1ccc2c(c1)C(=O)NC2=O. The molecule has 8 heteroatoms. The summed E-state index contributed by atoms with van der Waals surface area (Å²) in [7, 11) is 0. The van der Waals surface area contributed by atoms with Crippen molar-refractivity contribution in [1.29, 1.82) is 0 Å². The van der Waals surface area contributed by atoms with Crippen LogP contribution in [0.2, 0.25) is 0 Å². The van der Waals surface area contributed by atoms with Gasteiger partial charge in [0.05, 0.1) is 11.1 Å². The average molecular weight is 408 g/mol. The first-order valence-electron chi connectivity index (χ1n) is 10.1. The van der Waals surface area contributed by atoms with Gasteiger partial charge in [-0.3, -0.25) is 25.0 Å². The highest BCUT2D eigenvalue weighted by molar-refractivity contribution is 7.15. The van der Waals surface area contributed by atoms with Crippen molar-refractivity contribution < 1.29 is 14.4 Å². The molecule has 4 aliphatic carbocycles. The summed E-state index contributed by atoms with van der Waals surface area (Å²) >= 11 is 1.48. The maximum Gasteiger partial charge on any atom is 0.258 e. The predicted molar refractivity (Wildman–Crippen MR) is 106 cm³/mol. The van der Waals surface area contributed by atoms with Gasteiger partial charge >= 0.3 is 0 Å². The van der Waals surface area contributed by atoms with E-state index in [-0.39, 0.29) is 16.9 Å². The zero-order valence-corrected chi connectivity index (χ0v) is 16.6. The zero-order valence-electron chi connectivity index (χ0n) is 15.7. The van der Waals surface area contributed by atoms with Crippen molar-refractivity contribution in [3.05, 3.63) is 39.9 Å². The topological polar surface area (TPSA) is 101 Å². The van der Waals surface area contributed by atoms with E-state index in [0.717, 1.165) is 22.8 Å². The second-order valence-corrected chi connectivity index (χ2v) is 10.1. The minimum atomic E-state index is -0.473. The number of nitrogens with zero attached hydrogens (tertiary/aromatic N) is 2. The second kappa shape index (κ2) is 5.95. The first-order chi connectivity index (χ1) is 14.0. The molecule has 7 nitrogen and oxygen atoms in total. The number of hydrogen-bond donors (Lipinski definition) is 2. The minimum absolute atomic E-state index is 0.154. The van der Waals surface area contributed by atoms with Crippen molar-refractivity contribution in [3.63, 3.8) is 0 Å². The highest BCUT2D eigenvalue weighted by Gasteiger charge is 2.53. The highest BCUT2D eigenvalue weighted by Crippen LogP contribution is 2.61. The van der Waals surface area contributed by atoms with Gasteiger partial charge in [-0.1, -0.05) is 11.3 Å². The second-order valence-electron chi connectivity index (χ2n) is 9.11. The third kappa shape index (κ3) is 2.65. The molecule has 3 amide bonds. The Morgan fingerprint density at radius 2 is 1.66 bits per heavy atom. The van der Waals surface area contributed by atoms with Gasteiger partial charge in [-0.15, -0.1) is 10.2 Å². The summed E-state index contributed by atoms with van der Waals surface area (Å²) in [4.78, 5) is 36.2.